The first-order valence-electron chi connectivity index (χ1n) is 14.8. The maximum atomic E-state index is 14.0. The van der Waals surface area contributed by atoms with Crippen LogP contribution in [0.4, 0.5) is 4.79 Å². The van der Waals surface area contributed by atoms with Gasteiger partial charge < -0.3 is 25.1 Å². The molecule has 216 valence electrons. The van der Waals surface area contributed by atoms with Crippen LogP contribution in [0.5, 0.6) is 0 Å². The molecular formula is C33H39N3O5. The molecule has 1 aromatic heterocycles. The maximum absolute atomic E-state index is 14.0. The zero-order valence-corrected chi connectivity index (χ0v) is 23.7. The number of ether oxygens (including phenoxy) is 2. The van der Waals surface area contributed by atoms with Crippen LogP contribution in [-0.4, -0.2) is 47.7 Å². The van der Waals surface area contributed by atoms with E-state index in [4.69, 9.17) is 9.47 Å². The van der Waals surface area contributed by atoms with Gasteiger partial charge in [0.1, 0.15) is 17.7 Å². The molecule has 2 aromatic carbocycles. The van der Waals surface area contributed by atoms with E-state index in [0.717, 1.165) is 59.5 Å². The zero-order chi connectivity index (χ0) is 28.6. The zero-order valence-electron chi connectivity index (χ0n) is 23.7. The number of fused-ring (bicyclic) bond motifs is 1. The number of H-pyrrole nitrogens is 1. The lowest BCUT2D eigenvalue weighted by molar-refractivity contribution is -0.145. The van der Waals surface area contributed by atoms with Crippen molar-refractivity contribution in [3.8, 4) is 0 Å². The van der Waals surface area contributed by atoms with Crippen molar-refractivity contribution in [2.45, 2.75) is 69.6 Å². The molecule has 0 spiro atoms. The Kier molecular flexibility index (Phi) is 7.49. The first kappa shape index (κ1) is 27.4. The number of hydrogen-bond acceptors (Lipinski definition) is 5. The number of amides is 2. The summed E-state index contributed by atoms with van der Waals surface area (Å²) in [5.74, 6) is 1.31. The van der Waals surface area contributed by atoms with Gasteiger partial charge in [-0.1, -0.05) is 48.5 Å². The van der Waals surface area contributed by atoms with Gasteiger partial charge in [-0.25, -0.2) is 9.59 Å². The number of para-hydroxylation sites is 1. The van der Waals surface area contributed by atoms with E-state index in [2.05, 4.69) is 15.6 Å². The lowest BCUT2D eigenvalue weighted by Crippen LogP contribution is -2.62. The fraction of sp³-hybridized carbons (Fsp3) is 0.485. The van der Waals surface area contributed by atoms with Crippen LogP contribution in [-0.2, 0) is 31.9 Å². The molecule has 2 amide bonds. The Bertz CT molecular complexity index is 1390. The number of aromatic nitrogens is 1. The Hall–Kier alpha value is -3.81. The molecule has 0 unspecified atom stereocenters. The van der Waals surface area contributed by atoms with Crippen molar-refractivity contribution in [3.05, 3.63) is 71.9 Å². The molecule has 4 aliphatic rings. The topological polar surface area (TPSA) is 110 Å². The van der Waals surface area contributed by atoms with E-state index in [0.29, 0.717) is 11.8 Å². The lowest BCUT2D eigenvalue weighted by atomic mass is 9.55. The second-order valence-electron chi connectivity index (χ2n) is 12.5. The number of rotatable bonds is 9. The molecule has 7 rings (SSSR count). The van der Waals surface area contributed by atoms with Crippen LogP contribution in [0.25, 0.3) is 10.9 Å². The molecule has 0 aliphatic heterocycles. The van der Waals surface area contributed by atoms with Gasteiger partial charge in [0.25, 0.3) is 0 Å². The Morgan fingerprint density at radius 3 is 2.29 bits per heavy atom. The Morgan fingerprint density at radius 1 is 0.951 bits per heavy atom. The van der Waals surface area contributed by atoms with Crippen molar-refractivity contribution in [2.24, 2.45) is 23.7 Å². The van der Waals surface area contributed by atoms with Gasteiger partial charge >= 0.3 is 12.1 Å². The molecular weight excluding hydrogens is 518 g/mol. The number of carbonyl (C=O) groups is 3. The first-order valence-corrected chi connectivity index (χ1v) is 14.8. The molecule has 4 fully saturated rings. The summed E-state index contributed by atoms with van der Waals surface area (Å²) in [7, 11) is 1.30. The van der Waals surface area contributed by atoms with Crippen LogP contribution in [0.1, 0.15) is 50.2 Å². The van der Waals surface area contributed by atoms with Gasteiger partial charge in [-0.05, 0) is 79.9 Å². The molecule has 3 N–H and O–H groups in total. The fourth-order valence-corrected chi connectivity index (χ4v) is 7.79. The summed E-state index contributed by atoms with van der Waals surface area (Å²) in [6.07, 6.45) is 7.45. The summed E-state index contributed by atoms with van der Waals surface area (Å²) in [5, 5.41) is 6.80. The van der Waals surface area contributed by atoms with Gasteiger partial charge in [0.2, 0.25) is 5.91 Å². The van der Waals surface area contributed by atoms with E-state index in [1.807, 2.05) is 60.8 Å². The van der Waals surface area contributed by atoms with E-state index < -0.39 is 29.6 Å². The minimum atomic E-state index is -1.39. The van der Waals surface area contributed by atoms with Crippen molar-refractivity contribution < 1.29 is 23.9 Å². The summed E-state index contributed by atoms with van der Waals surface area (Å²) in [4.78, 5) is 43.5. The summed E-state index contributed by atoms with van der Waals surface area (Å²) in [5.41, 5.74) is 1.32. The Morgan fingerprint density at radius 2 is 1.61 bits per heavy atom. The molecule has 3 aromatic rings. The standard InChI is InChI=1S/C33H39N3O5/c1-33(18-25-19-34-27-11-7-6-10-26(25)27,31(38)35-28(30(37)40-2)17-20-8-4-3-5-9-20)36-32(39)41-29-23-13-21-12-22(15-23)16-24(29)14-21/h3-11,19,21-24,28-29,34H,12-18H2,1-2H3,(H,35,38)(H,36,39)/t21?,22?,23?,24?,28-,29?,33+/m0/s1. The highest BCUT2D eigenvalue weighted by molar-refractivity contribution is 5.94. The van der Waals surface area contributed by atoms with Crippen molar-refractivity contribution in [1.29, 1.82) is 0 Å². The quantitative estimate of drug-likeness (QED) is 0.324. The molecule has 4 saturated carbocycles. The van der Waals surface area contributed by atoms with Crippen molar-refractivity contribution in [2.75, 3.05) is 7.11 Å². The number of alkyl carbamates (subject to hydrolysis) is 1. The smallest absolute Gasteiger partial charge is 0.408 e. The Balaban J connectivity index is 1.23. The van der Waals surface area contributed by atoms with Gasteiger partial charge in [-0.2, -0.15) is 0 Å². The van der Waals surface area contributed by atoms with Crippen LogP contribution in [0.15, 0.2) is 60.8 Å². The van der Waals surface area contributed by atoms with Crippen LogP contribution in [0, 0.1) is 23.7 Å². The van der Waals surface area contributed by atoms with E-state index in [-0.39, 0.29) is 18.9 Å². The molecule has 0 saturated heterocycles. The van der Waals surface area contributed by atoms with Gasteiger partial charge in [0, 0.05) is 29.9 Å². The number of carbonyl (C=O) groups excluding carboxylic acids is 3. The first-order chi connectivity index (χ1) is 19.8. The van der Waals surface area contributed by atoms with E-state index >= 15 is 0 Å². The van der Waals surface area contributed by atoms with E-state index in [1.54, 1.807) is 6.92 Å². The largest absolute Gasteiger partial charge is 0.467 e. The fourth-order valence-electron chi connectivity index (χ4n) is 7.79. The number of esters is 1. The van der Waals surface area contributed by atoms with Crippen LogP contribution < -0.4 is 10.6 Å². The second-order valence-corrected chi connectivity index (χ2v) is 12.5. The highest BCUT2D eigenvalue weighted by atomic mass is 16.6. The molecule has 41 heavy (non-hydrogen) atoms. The second kappa shape index (κ2) is 11.2. The predicted molar refractivity (Wildman–Crippen MR) is 155 cm³/mol. The third kappa shape index (κ3) is 5.69. The predicted octanol–water partition coefficient (Wildman–Crippen LogP) is 4.92. The number of hydrogen-bond donors (Lipinski definition) is 3. The molecule has 0 radical (unpaired) electrons. The van der Waals surface area contributed by atoms with Crippen molar-refractivity contribution in [1.82, 2.24) is 15.6 Å². The number of nitrogens with one attached hydrogen (secondary N) is 3. The molecule has 4 bridgehead atoms. The SMILES string of the molecule is COC(=O)[C@H](Cc1ccccc1)NC(=O)[C@@](C)(Cc1c[nH]c2ccccc12)NC(=O)OC1C2CC3CC(C2)CC1C3. The van der Waals surface area contributed by atoms with Crippen LogP contribution in [0.2, 0.25) is 0 Å². The summed E-state index contributed by atoms with van der Waals surface area (Å²) in [6.45, 7) is 1.69. The van der Waals surface area contributed by atoms with Crippen LogP contribution in [0.3, 0.4) is 0 Å². The highest BCUT2D eigenvalue weighted by Gasteiger charge is 2.50. The minimum absolute atomic E-state index is 0.107. The van der Waals surface area contributed by atoms with E-state index in [1.165, 1.54) is 13.5 Å². The third-order valence-electron chi connectivity index (χ3n) is 9.56. The monoisotopic (exact) mass is 557 g/mol. The number of benzene rings is 2. The molecule has 4 aliphatic carbocycles. The third-order valence-corrected chi connectivity index (χ3v) is 9.56. The van der Waals surface area contributed by atoms with Gasteiger partial charge in [-0.3, -0.25) is 4.79 Å². The van der Waals surface area contributed by atoms with E-state index in [9.17, 15) is 14.4 Å². The number of methoxy groups -OCH3 is 1. The van der Waals surface area contributed by atoms with Gasteiger partial charge in [-0.15, -0.1) is 0 Å². The van der Waals surface area contributed by atoms with Crippen molar-refractivity contribution in [3.63, 3.8) is 0 Å². The average molecular weight is 558 g/mol. The van der Waals surface area contributed by atoms with Crippen molar-refractivity contribution >= 4 is 28.9 Å². The molecule has 8 heteroatoms. The average Bonchev–Trinajstić information content (AvgIpc) is 3.36. The minimum Gasteiger partial charge on any atom is -0.467 e. The molecule has 1 heterocycles. The molecule has 8 nitrogen and oxygen atoms in total. The summed E-state index contributed by atoms with van der Waals surface area (Å²) >= 11 is 0. The highest BCUT2D eigenvalue weighted by Crippen LogP contribution is 2.54. The number of aromatic amines is 1. The van der Waals surface area contributed by atoms with Crippen LogP contribution >= 0.6 is 0 Å². The van der Waals surface area contributed by atoms with Gasteiger partial charge in [0.05, 0.1) is 7.11 Å². The Labute approximate surface area is 240 Å². The normalized spacial score (nSPS) is 26.6. The maximum Gasteiger partial charge on any atom is 0.408 e. The molecule has 2 atom stereocenters. The lowest BCUT2D eigenvalue weighted by Gasteiger charge is -2.53. The van der Waals surface area contributed by atoms with Gasteiger partial charge in [0.15, 0.2) is 0 Å². The summed E-state index contributed by atoms with van der Waals surface area (Å²) < 4.78 is 11.1. The summed E-state index contributed by atoms with van der Waals surface area (Å²) in [6, 6.07) is 16.4.